The Labute approximate surface area is 90.8 Å². The Bertz CT molecular complexity index is 332. The first-order valence-electron chi connectivity index (χ1n) is 5.40. The van der Waals surface area contributed by atoms with Crippen LogP contribution in [0.3, 0.4) is 0 Å². The molecule has 1 aromatic carbocycles. The lowest BCUT2D eigenvalue weighted by atomic mass is 9.99. The van der Waals surface area contributed by atoms with Crippen molar-refractivity contribution in [2.45, 2.75) is 13.0 Å². The highest BCUT2D eigenvalue weighted by Crippen LogP contribution is 2.26. The highest BCUT2D eigenvalue weighted by Gasteiger charge is 2.17. The lowest BCUT2D eigenvalue weighted by Gasteiger charge is -2.26. The van der Waals surface area contributed by atoms with Crippen molar-refractivity contribution in [3.8, 4) is 5.75 Å². The summed E-state index contributed by atoms with van der Waals surface area (Å²) in [6, 6.07) is 6.64. The molecule has 0 bridgehead atoms. The molecular weight excluding hydrogens is 188 g/mol. The smallest absolute Gasteiger partial charge is 0.122 e. The van der Waals surface area contributed by atoms with Crippen molar-refractivity contribution in [1.29, 1.82) is 0 Å². The molecule has 1 saturated heterocycles. The van der Waals surface area contributed by atoms with Crippen LogP contribution in [0.25, 0.3) is 0 Å². The maximum atomic E-state index is 5.33. The zero-order valence-corrected chi connectivity index (χ0v) is 9.34. The van der Waals surface area contributed by atoms with E-state index in [-0.39, 0.29) is 0 Å². The minimum atomic E-state index is 0.411. The monoisotopic (exact) mass is 206 g/mol. The summed E-state index contributed by atoms with van der Waals surface area (Å²) < 4.78 is 5.33. The molecule has 1 fully saturated rings. The minimum absolute atomic E-state index is 0.411. The molecule has 0 aromatic heterocycles. The molecule has 0 spiro atoms. The Morgan fingerprint density at radius 1 is 1.33 bits per heavy atom. The zero-order valence-electron chi connectivity index (χ0n) is 9.34. The topological polar surface area (TPSA) is 33.3 Å². The second-order valence-electron chi connectivity index (χ2n) is 3.89. The number of methoxy groups -OCH3 is 1. The van der Waals surface area contributed by atoms with E-state index >= 15 is 0 Å². The Kier molecular flexibility index (Phi) is 3.23. The van der Waals surface area contributed by atoms with Gasteiger partial charge in [0, 0.05) is 25.7 Å². The predicted octanol–water partition coefficient (Wildman–Crippen LogP) is 1.24. The summed E-state index contributed by atoms with van der Waals surface area (Å²) in [5, 5.41) is 6.90. The van der Waals surface area contributed by atoms with Gasteiger partial charge in [0.2, 0.25) is 0 Å². The zero-order chi connectivity index (χ0) is 10.7. The molecule has 82 valence electrons. The van der Waals surface area contributed by atoms with Crippen molar-refractivity contribution < 1.29 is 4.74 Å². The van der Waals surface area contributed by atoms with E-state index in [0.29, 0.717) is 6.04 Å². The van der Waals surface area contributed by atoms with Crippen molar-refractivity contribution in [2.24, 2.45) is 0 Å². The van der Waals surface area contributed by atoms with Crippen LogP contribution in [0.15, 0.2) is 18.2 Å². The highest BCUT2D eigenvalue weighted by atomic mass is 16.5. The fourth-order valence-electron chi connectivity index (χ4n) is 2.10. The van der Waals surface area contributed by atoms with E-state index in [1.807, 2.05) is 6.07 Å². The summed E-state index contributed by atoms with van der Waals surface area (Å²) in [7, 11) is 1.72. The molecule has 2 N–H and O–H groups in total. The molecule has 0 aliphatic carbocycles. The molecule has 1 unspecified atom stereocenters. The molecule has 3 heteroatoms. The summed E-state index contributed by atoms with van der Waals surface area (Å²) in [6.45, 7) is 5.19. The Morgan fingerprint density at radius 2 is 2.20 bits per heavy atom. The van der Waals surface area contributed by atoms with E-state index in [2.05, 4.69) is 29.7 Å². The van der Waals surface area contributed by atoms with E-state index in [1.54, 1.807) is 7.11 Å². The van der Waals surface area contributed by atoms with Gasteiger partial charge in [-0.3, -0.25) is 0 Å². The van der Waals surface area contributed by atoms with Crippen molar-refractivity contribution in [3.05, 3.63) is 29.3 Å². The summed E-state index contributed by atoms with van der Waals surface area (Å²) in [6.07, 6.45) is 0. The second kappa shape index (κ2) is 4.64. The summed E-state index contributed by atoms with van der Waals surface area (Å²) in [5.74, 6) is 0.972. The van der Waals surface area contributed by atoms with E-state index in [4.69, 9.17) is 4.74 Å². The lowest BCUT2D eigenvalue weighted by molar-refractivity contribution is 0.403. The quantitative estimate of drug-likeness (QED) is 0.763. The van der Waals surface area contributed by atoms with Crippen LogP contribution >= 0.6 is 0 Å². The highest BCUT2D eigenvalue weighted by molar-refractivity contribution is 5.41. The Morgan fingerprint density at radius 3 is 2.87 bits per heavy atom. The van der Waals surface area contributed by atoms with Crippen LogP contribution in [0.4, 0.5) is 0 Å². The lowest BCUT2D eigenvalue weighted by Crippen LogP contribution is -2.42. The molecule has 1 atom stereocenters. The van der Waals surface area contributed by atoms with Crippen LogP contribution in [0.5, 0.6) is 5.75 Å². The van der Waals surface area contributed by atoms with Crippen LogP contribution in [-0.2, 0) is 0 Å². The van der Waals surface area contributed by atoms with Gasteiger partial charge in [-0.25, -0.2) is 0 Å². The van der Waals surface area contributed by atoms with Crippen molar-refractivity contribution in [2.75, 3.05) is 26.7 Å². The van der Waals surface area contributed by atoms with Crippen LogP contribution in [0.1, 0.15) is 17.2 Å². The minimum Gasteiger partial charge on any atom is -0.496 e. The van der Waals surface area contributed by atoms with Gasteiger partial charge in [0.05, 0.1) is 7.11 Å². The van der Waals surface area contributed by atoms with Gasteiger partial charge in [-0.1, -0.05) is 12.1 Å². The third-order valence-electron chi connectivity index (χ3n) is 2.96. The Balaban J connectivity index is 2.26. The van der Waals surface area contributed by atoms with Crippen LogP contribution in [0, 0.1) is 6.92 Å². The molecule has 2 rings (SSSR count). The molecule has 1 aliphatic heterocycles. The molecule has 0 amide bonds. The second-order valence-corrected chi connectivity index (χ2v) is 3.89. The third-order valence-corrected chi connectivity index (χ3v) is 2.96. The average Bonchev–Trinajstić information content (AvgIpc) is 2.30. The van der Waals surface area contributed by atoms with Crippen LogP contribution in [0.2, 0.25) is 0 Å². The number of piperazine rings is 1. The van der Waals surface area contributed by atoms with Crippen molar-refractivity contribution in [3.63, 3.8) is 0 Å². The molecular formula is C12H18N2O. The maximum absolute atomic E-state index is 5.33. The van der Waals surface area contributed by atoms with Gasteiger partial charge in [0.25, 0.3) is 0 Å². The molecule has 3 nitrogen and oxygen atoms in total. The molecule has 1 aliphatic rings. The first kappa shape index (κ1) is 10.5. The number of benzene rings is 1. The number of nitrogens with one attached hydrogen (secondary N) is 2. The standard InChI is InChI=1S/C12H18N2O/c1-9-10(4-3-5-12(9)15-2)11-8-13-6-7-14-11/h3-5,11,13-14H,6-8H2,1-2H3. The first-order valence-corrected chi connectivity index (χ1v) is 5.40. The van der Waals surface area contributed by atoms with Gasteiger partial charge in [0.1, 0.15) is 5.75 Å². The van der Waals surface area contributed by atoms with Gasteiger partial charge in [-0.2, -0.15) is 0 Å². The largest absolute Gasteiger partial charge is 0.496 e. The average molecular weight is 206 g/mol. The van der Waals surface area contributed by atoms with Gasteiger partial charge >= 0.3 is 0 Å². The number of rotatable bonds is 2. The van der Waals surface area contributed by atoms with Gasteiger partial charge in [-0.05, 0) is 24.1 Å². The van der Waals surface area contributed by atoms with E-state index in [9.17, 15) is 0 Å². The van der Waals surface area contributed by atoms with Gasteiger partial charge in [0.15, 0.2) is 0 Å². The van der Waals surface area contributed by atoms with E-state index in [1.165, 1.54) is 11.1 Å². The summed E-state index contributed by atoms with van der Waals surface area (Å²) >= 11 is 0. The molecule has 15 heavy (non-hydrogen) atoms. The molecule has 1 aromatic rings. The Hall–Kier alpha value is -1.06. The van der Waals surface area contributed by atoms with Gasteiger partial charge < -0.3 is 15.4 Å². The normalized spacial score (nSPS) is 21.3. The van der Waals surface area contributed by atoms with Crippen molar-refractivity contribution >= 4 is 0 Å². The fourth-order valence-corrected chi connectivity index (χ4v) is 2.10. The third kappa shape index (κ3) is 2.13. The number of hydrogen-bond acceptors (Lipinski definition) is 3. The number of ether oxygens (including phenoxy) is 1. The molecule has 0 radical (unpaired) electrons. The molecule has 0 saturated carbocycles. The first-order chi connectivity index (χ1) is 7.33. The van der Waals surface area contributed by atoms with Crippen LogP contribution in [-0.4, -0.2) is 26.7 Å². The molecule has 1 heterocycles. The summed E-state index contributed by atoms with van der Waals surface area (Å²) in [5.41, 5.74) is 2.57. The fraction of sp³-hybridized carbons (Fsp3) is 0.500. The SMILES string of the molecule is COc1cccc(C2CNCCN2)c1C. The summed E-state index contributed by atoms with van der Waals surface area (Å²) in [4.78, 5) is 0. The van der Waals surface area contributed by atoms with E-state index in [0.717, 1.165) is 25.4 Å². The van der Waals surface area contributed by atoms with E-state index < -0.39 is 0 Å². The van der Waals surface area contributed by atoms with Crippen molar-refractivity contribution in [1.82, 2.24) is 10.6 Å². The predicted molar refractivity (Wildman–Crippen MR) is 61.3 cm³/mol. The maximum Gasteiger partial charge on any atom is 0.122 e. The van der Waals surface area contributed by atoms with Gasteiger partial charge in [-0.15, -0.1) is 0 Å². The van der Waals surface area contributed by atoms with Crippen LogP contribution < -0.4 is 15.4 Å². The number of hydrogen-bond donors (Lipinski definition) is 2.